The summed E-state index contributed by atoms with van der Waals surface area (Å²) < 4.78 is 2.04. The second kappa shape index (κ2) is 3.42. The lowest BCUT2D eigenvalue weighted by molar-refractivity contribution is 1.04. The van der Waals surface area contributed by atoms with Gasteiger partial charge in [0.05, 0.1) is 16.7 Å². The fraction of sp³-hybridized carbons (Fsp3) is 0.167. The Morgan fingerprint density at radius 1 is 1.19 bits per heavy atom. The van der Waals surface area contributed by atoms with Crippen LogP contribution in [0, 0.1) is 13.8 Å². The number of aromatic nitrogens is 3. The van der Waals surface area contributed by atoms with E-state index in [9.17, 15) is 0 Å². The molecule has 0 radical (unpaired) electrons. The van der Waals surface area contributed by atoms with Crippen LogP contribution in [-0.4, -0.2) is 14.5 Å². The number of imidazole rings is 1. The number of aryl methyl sites for hydroxylation is 2. The lowest BCUT2D eigenvalue weighted by atomic mass is 10.3. The number of fused-ring (bicyclic) bond motifs is 1. The fourth-order valence-corrected chi connectivity index (χ4v) is 2.56. The number of rotatable bonds is 1. The van der Waals surface area contributed by atoms with E-state index in [2.05, 4.69) is 23.0 Å². The summed E-state index contributed by atoms with van der Waals surface area (Å²) in [4.78, 5) is 10.2. The Labute approximate surface area is 97.4 Å². The third kappa shape index (κ3) is 1.34. The highest BCUT2D eigenvalue weighted by molar-refractivity contribution is 7.14. The summed E-state index contributed by atoms with van der Waals surface area (Å²) in [7, 11) is 0. The van der Waals surface area contributed by atoms with Crippen molar-refractivity contribution in [2.45, 2.75) is 13.8 Å². The van der Waals surface area contributed by atoms with E-state index in [1.54, 1.807) is 11.3 Å². The Morgan fingerprint density at radius 3 is 2.75 bits per heavy atom. The number of hydrogen-bond acceptors (Lipinski definition) is 3. The maximum atomic E-state index is 4.54. The molecule has 2 aromatic heterocycles. The second-order valence-corrected chi connectivity index (χ2v) is 4.92. The lowest BCUT2D eigenvalue weighted by Crippen LogP contribution is -1.90. The average Bonchev–Trinajstić information content (AvgIpc) is 2.83. The van der Waals surface area contributed by atoms with Gasteiger partial charge in [0, 0.05) is 4.88 Å². The predicted octanol–water partition coefficient (Wildman–Crippen LogP) is 3.10. The molecular weight excluding hydrogens is 218 g/mol. The third-order valence-corrected chi connectivity index (χ3v) is 3.75. The highest BCUT2D eigenvalue weighted by atomic mass is 32.1. The monoisotopic (exact) mass is 229 g/mol. The molecule has 0 N–H and O–H groups in total. The first-order valence-corrected chi connectivity index (χ1v) is 5.94. The SMILES string of the molecule is Cc1nc(-n2cnc3ccccc32)sc1C. The van der Waals surface area contributed by atoms with Crippen molar-refractivity contribution in [3.05, 3.63) is 41.2 Å². The van der Waals surface area contributed by atoms with Crippen molar-refractivity contribution in [2.24, 2.45) is 0 Å². The quantitative estimate of drug-likeness (QED) is 0.642. The molecular formula is C12H11N3S. The van der Waals surface area contributed by atoms with Gasteiger partial charge in [-0.05, 0) is 26.0 Å². The highest BCUT2D eigenvalue weighted by Crippen LogP contribution is 2.23. The zero-order valence-electron chi connectivity index (χ0n) is 9.14. The summed E-state index contributed by atoms with van der Waals surface area (Å²) in [6.45, 7) is 4.13. The molecule has 0 amide bonds. The van der Waals surface area contributed by atoms with Crippen LogP contribution in [-0.2, 0) is 0 Å². The van der Waals surface area contributed by atoms with Crippen molar-refractivity contribution >= 4 is 22.4 Å². The molecule has 0 aliphatic heterocycles. The Balaban J connectivity index is 2.26. The van der Waals surface area contributed by atoms with E-state index in [-0.39, 0.29) is 0 Å². The summed E-state index contributed by atoms with van der Waals surface area (Å²) in [6, 6.07) is 8.10. The first-order valence-electron chi connectivity index (χ1n) is 5.12. The first kappa shape index (κ1) is 9.54. The van der Waals surface area contributed by atoms with E-state index in [4.69, 9.17) is 0 Å². The molecule has 4 heteroatoms. The number of hydrogen-bond donors (Lipinski definition) is 0. The van der Waals surface area contributed by atoms with Gasteiger partial charge in [-0.3, -0.25) is 4.57 Å². The van der Waals surface area contributed by atoms with Gasteiger partial charge in [0.15, 0.2) is 5.13 Å². The van der Waals surface area contributed by atoms with Crippen molar-refractivity contribution < 1.29 is 0 Å². The van der Waals surface area contributed by atoms with Crippen LogP contribution in [0.1, 0.15) is 10.6 Å². The van der Waals surface area contributed by atoms with Crippen LogP contribution in [0.4, 0.5) is 0 Å². The van der Waals surface area contributed by atoms with Crippen molar-refractivity contribution in [3.63, 3.8) is 0 Å². The van der Waals surface area contributed by atoms with Crippen molar-refractivity contribution in [2.75, 3.05) is 0 Å². The Morgan fingerprint density at radius 2 is 2.00 bits per heavy atom. The van der Waals surface area contributed by atoms with Crippen LogP contribution in [0.3, 0.4) is 0 Å². The molecule has 80 valence electrons. The molecule has 16 heavy (non-hydrogen) atoms. The normalized spacial score (nSPS) is 11.1. The van der Waals surface area contributed by atoms with Gasteiger partial charge >= 0.3 is 0 Å². The second-order valence-electron chi connectivity index (χ2n) is 3.74. The first-order chi connectivity index (χ1) is 7.75. The van der Waals surface area contributed by atoms with Gasteiger partial charge in [0.25, 0.3) is 0 Å². The smallest absolute Gasteiger partial charge is 0.195 e. The van der Waals surface area contributed by atoms with Crippen LogP contribution in [0.2, 0.25) is 0 Å². The van der Waals surface area contributed by atoms with Crippen LogP contribution >= 0.6 is 11.3 Å². The van der Waals surface area contributed by atoms with Gasteiger partial charge in [-0.2, -0.15) is 0 Å². The lowest BCUT2D eigenvalue weighted by Gasteiger charge is -1.97. The maximum absolute atomic E-state index is 4.54. The summed E-state index contributed by atoms with van der Waals surface area (Å²) in [6.07, 6.45) is 1.84. The maximum Gasteiger partial charge on any atom is 0.195 e. The minimum atomic E-state index is 0.990. The molecule has 0 unspecified atom stereocenters. The summed E-state index contributed by atoms with van der Waals surface area (Å²) in [5.41, 5.74) is 3.21. The van der Waals surface area contributed by atoms with E-state index in [1.807, 2.05) is 36.0 Å². The molecule has 0 aliphatic carbocycles. The topological polar surface area (TPSA) is 30.7 Å². The molecule has 3 rings (SSSR count). The molecule has 0 fully saturated rings. The molecule has 1 aromatic carbocycles. The third-order valence-electron chi connectivity index (χ3n) is 2.68. The van der Waals surface area contributed by atoms with E-state index >= 15 is 0 Å². The van der Waals surface area contributed by atoms with Crippen molar-refractivity contribution in [3.8, 4) is 5.13 Å². The van der Waals surface area contributed by atoms with Crippen LogP contribution < -0.4 is 0 Å². The molecule has 0 spiro atoms. The summed E-state index contributed by atoms with van der Waals surface area (Å²) >= 11 is 1.70. The van der Waals surface area contributed by atoms with Crippen LogP contribution in [0.25, 0.3) is 16.2 Å². The van der Waals surface area contributed by atoms with Gasteiger partial charge in [-0.25, -0.2) is 9.97 Å². The fourth-order valence-electron chi connectivity index (χ4n) is 1.67. The summed E-state index contributed by atoms with van der Waals surface area (Å²) in [5.74, 6) is 0. The van der Waals surface area contributed by atoms with E-state index in [0.717, 1.165) is 21.9 Å². The number of benzene rings is 1. The minimum Gasteiger partial charge on any atom is -0.274 e. The molecule has 3 aromatic rings. The Hall–Kier alpha value is -1.68. The van der Waals surface area contributed by atoms with Gasteiger partial charge in [-0.15, -0.1) is 11.3 Å². The average molecular weight is 229 g/mol. The van der Waals surface area contributed by atoms with Crippen LogP contribution in [0.5, 0.6) is 0 Å². The molecule has 0 saturated heterocycles. The largest absolute Gasteiger partial charge is 0.274 e. The minimum absolute atomic E-state index is 0.990. The Bertz CT molecular complexity index is 632. The zero-order valence-corrected chi connectivity index (χ0v) is 9.95. The summed E-state index contributed by atoms with van der Waals surface area (Å²) in [5, 5.41) is 0.990. The molecule has 0 bridgehead atoms. The van der Waals surface area contributed by atoms with Crippen molar-refractivity contribution in [1.29, 1.82) is 0 Å². The van der Waals surface area contributed by atoms with E-state index in [0.29, 0.717) is 0 Å². The molecule has 0 saturated carbocycles. The number of nitrogens with zero attached hydrogens (tertiary/aromatic N) is 3. The highest BCUT2D eigenvalue weighted by Gasteiger charge is 2.08. The van der Waals surface area contributed by atoms with Gasteiger partial charge in [0.1, 0.15) is 6.33 Å². The standard InChI is InChI=1S/C12H11N3S/c1-8-9(2)16-12(14-8)15-7-13-10-5-3-4-6-11(10)15/h3-7H,1-2H3. The van der Waals surface area contributed by atoms with E-state index in [1.165, 1.54) is 4.88 Å². The van der Waals surface area contributed by atoms with E-state index < -0.39 is 0 Å². The molecule has 3 nitrogen and oxygen atoms in total. The van der Waals surface area contributed by atoms with Crippen LogP contribution in [0.15, 0.2) is 30.6 Å². The van der Waals surface area contributed by atoms with Gasteiger partial charge < -0.3 is 0 Å². The molecule has 0 aliphatic rings. The van der Waals surface area contributed by atoms with Gasteiger partial charge in [0.2, 0.25) is 0 Å². The molecule has 2 heterocycles. The zero-order chi connectivity index (χ0) is 11.1. The predicted molar refractivity (Wildman–Crippen MR) is 66.2 cm³/mol. The number of thiazole rings is 1. The molecule has 0 atom stereocenters. The van der Waals surface area contributed by atoms with Gasteiger partial charge in [-0.1, -0.05) is 12.1 Å². The number of para-hydroxylation sites is 2. The van der Waals surface area contributed by atoms with Crippen molar-refractivity contribution in [1.82, 2.24) is 14.5 Å². The Kier molecular flexibility index (Phi) is 2.04.